The molecular formula is C24H29N3O2. The van der Waals surface area contributed by atoms with E-state index in [2.05, 4.69) is 16.8 Å². The van der Waals surface area contributed by atoms with Crippen LogP contribution in [0.5, 0.6) is 5.75 Å². The summed E-state index contributed by atoms with van der Waals surface area (Å²) in [6.45, 7) is 9.01. The standard InChI is InChI=1S/C24H29N3O2/c1-17-6-4-8-21(25-17)16-28-22-11-9-20(10-12-22)24-26-23(19(3)29-24)13-15-27-14-5-7-18(27)2/h4,6,8-12,18H,5,7,13-16H2,1-3H3. The lowest BCUT2D eigenvalue weighted by atomic mass is 10.2. The van der Waals surface area contributed by atoms with Crippen LogP contribution < -0.4 is 4.74 Å². The van der Waals surface area contributed by atoms with Crippen molar-refractivity contribution in [2.75, 3.05) is 13.1 Å². The summed E-state index contributed by atoms with van der Waals surface area (Å²) < 4.78 is 11.8. The second-order valence-corrected chi connectivity index (χ2v) is 7.88. The predicted molar refractivity (Wildman–Crippen MR) is 114 cm³/mol. The summed E-state index contributed by atoms with van der Waals surface area (Å²) >= 11 is 0. The molecule has 0 amide bonds. The van der Waals surface area contributed by atoms with Crippen molar-refractivity contribution < 1.29 is 9.15 Å². The van der Waals surface area contributed by atoms with E-state index in [9.17, 15) is 0 Å². The minimum Gasteiger partial charge on any atom is -0.487 e. The SMILES string of the molecule is Cc1cccc(COc2ccc(-c3nc(CCN4CCCC4C)c(C)o3)cc2)n1. The predicted octanol–water partition coefficient (Wildman–Crippen LogP) is 4.96. The minimum absolute atomic E-state index is 0.457. The van der Waals surface area contributed by atoms with Gasteiger partial charge in [-0.2, -0.15) is 0 Å². The van der Waals surface area contributed by atoms with Gasteiger partial charge in [0.2, 0.25) is 5.89 Å². The summed E-state index contributed by atoms with van der Waals surface area (Å²) in [5.41, 5.74) is 3.95. The summed E-state index contributed by atoms with van der Waals surface area (Å²) in [5.74, 6) is 2.40. The normalized spacial score (nSPS) is 17.0. The molecule has 0 saturated carbocycles. The van der Waals surface area contributed by atoms with Gasteiger partial charge in [-0.15, -0.1) is 0 Å². The first-order valence-electron chi connectivity index (χ1n) is 10.4. The number of ether oxygens (including phenoxy) is 1. The summed E-state index contributed by atoms with van der Waals surface area (Å²) in [6, 6.07) is 14.5. The maximum absolute atomic E-state index is 5.94. The first kappa shape index (κ1) is 19.6. The van der Waals surface area contributed by atoms with Gasteiger partial charge in [-0.25, -0.2) is 4.98 Å². The zero-order chi connectivity index (χ0) is 20.2. The number of hydrogen-bond donors (Lipinski definition) is 0. The molecule has 1 aliphatic heterocycles. The van der Waals surface area contributed by atoms with Crippen LogP contribution in [-0.4, -0.2) is 34.0 Å². The molecule has 3 aromatic rings. The van der Waals surface area contributed by atoms with Crippen LogP contribution in [0.2, 0.25) is 0 Å². The third-order valence-corrected chi connectivity index (χ3v) is 5.65. The number of likely N-dealkylation sites (tertiary alicyclic amines) is 1. The quantitative estimate of drug-likeness (QED) is 0.570. The average molecular weight is 392 g/mol. The topological polar surface area (TPSA) is 51.4 Å². The highest BCUT2D eigenvalue weighted by Gasteiger charge is 2.21. The van der Waals surface area contributed by atoms with E-state index in [0.29, 0.717) is 18.5 Å². The molecule has 0 bridgehead atoms. The maximum Gasteiger partial charge on any atom is 0.226 e. The van der Waals surface area contributed by atoms with E-state index < -0.39 is 0 Å². The highest BCUT2D eigenvalue weighted by molar-refractivity contribution is 5.55. The molecule has 0 radical (unpaired) electrons. The van der Waals surface area contributed by atoms with Crippen LogP contribution >= 0.6 is 0 Å². The first-order valence-corrected chi connectivity index (χ1v) is 10.4. The fourth-order valence-corrected chi connectivity index (χ4v) is 3.89. The fraction of sp³-hybridized carbons (Fsp3) is 0.417. The molecule has 5 heteroatoms. The molecule has 1 aromatic carbocycles. The number of benzene rings is 1. The van der Waals surface area contributed by atoms with Crippen molar-refractivity contribution in [3.8, 4) is 17.2 Å². The zero-order valence-corrected chi connectivity index (χ0v) is 17.5. The van der Waals surface area contributed by atoms with E-state index in [1.54, 1.807) is 0 Å². The molecule has 3 heterocycles. The number of aromatic nitrogens is 2. The third kappa shape index (κ3) is 4.85. The largest absolute Gasteiger partial charge is 0.487 e. The average Bonchev–Trinajstić information content (AvgIpc) is 3.30. The summed E-state index contributed by atoms with van der Waals surface area (Å²) in [6.07, 6.45) is 3.54. The van der Waals surface area contributed by atoms with E-state index in [4.69, 9.17) is 14.1 Å². The summed E-state index contributed by atoms with van der Waals surface area (Å²) in [5, 5.41) is 0. The lowest BCUT2D eigenvalue weighted by molar-refractivity contribution is 0.271. The molecule has 1 unspecified atom stereocenters. The molecule has 1 aliphatic rings. The molecule has 29 heavy (non-hydrogen) atoms. The Balaban J connectivity index is 1.37. The van der Waals surface area contributed by atoms with Gasteiger partial charge in [0.15, 0.2) is 0 Å². The molecule has 1 saturated heterocycles. The number of oxazole rings is 1. The second kappa shape index (κ2) is 8.78. The van der Waals surface area contributed by atoms with Crippen molar-refractivity contribution >= 4 is 0 Å². The van der Waals surface area contributed by atoms with Crippen LogP contribution in [0.1, 0.15) is 42.6 Å². The van der Waals surface area contributed by atoms with Gasteiger partial charge < -0.3 is 14.1 Å². The van der Waals surface area contributed by atoms with Crippen LogP contribution in [0.4, 0.5) is 0 Å². The van der Waals surface area contributed by atoms with Gasteiger partial charge in [-0.1, -0.05) is 6.07 Å². The van der Waals surface area contributed by atoms with Crippen LogP contribution in [-0.2, 0) is 13.0 Å². The van der Waals surface area contributed by atoms with Crippen molar-refractivity contribution in [3.05, 3.63) is 65.3 Å². The lowest BCUT2D eigenvalue weighted by Crippen LogP contribution is -2.29. The maximum atomic E-state index is 5.94. The Morgan fingerprint density at radius 2 is 1.93 bits per heavy atom. The van der Waals surface area contributed by atoms with Crippen LogP contribution in [0.3, 0.4) is 0 Å². The number of rotatable bonds is 7. The molecule has 0 spiro atoms. The van der Waals surface area contributed by atoms with E-state index in [0.717, 1.165) is 47.1 Å². The molecule has 5 nitrogen and oxygen atoms in total. The van der Waals surface area contributed by atoms with Gasteiger partial charge >= 0.3 is 0 Å². The van der Waals surface area contributed by atoms with Gasteiger partial charge in [0.25, 0.3) is 0 Å². The number of pyridine rings is 1. The molecule has 1 fully saturated rings. The fourth-order valence-electron chi connectivity index (χ4n) is 3.89. The monoisotopic (exact) mass is 391 g/mol. The van der Waals surface area contributed by atoms with Crippen LogP contribution in [0.15, 0.2) is 46.9 Å². The summed E-state index contributed by atoms with van der Waals surface area (Å²) in [7, 11) is 0. The molecule has 4 rings (SSSR count). The van der Waals surface area contributed by atoms with E-state index >= 15 is 0 Å². The van der Waals surface area contributed by atoms with E-state index in [-0.39, 0.29) is 0 Å². The van der Waals surface area contributed by atoms with Gasteiger partial charge in [-0.05, 0) is 76.6 Å². The number of nitrogens with zero attached hydrogens (tertiary/aromatic N) is 3. The van der Waals surface area contributed by atoms with E-state index in [1.807, 2.05) is 56.3 Å². The lowest BCUT2D eigenvalue weighted by Gasteiger charge is -2.20. The molecule has 1 atom stereocenters. The molecule has 2 aromatic heterocycles. The molecule has 0 N–H and O–H groups in total. The number of aryl methyl sites for hydroxylation is 2. The molecule has 0 aliphatic carbocycles. The Bertz CT molecular complexity index is 949. The minimum atomic E-state index is 0.457. The highest BCUT2D eigenvalue weighted by atomic mass is 16.5. The third-order valence-electron chi connectivity index (χ3n) is 5.65. The second-order valence-electron chi connectivity index (χ2n) is 7.88. The van der Waals surface area contributed by atoms with Crippen molar-refractivity contribution in [3.63, 3.8) is 0 Å². The molecule has 152 valence electrons. The Hall–Kier alpha value is -2.66. The Morgan fingerprint density at radius 1 is 1.10 bits per heavy atom. The van der Waals surface area contributed by atoms with Crippen LogP contribution in [0.25, 0.3) is 11.5 Å². The first-order chi connectivity index (χ1) is 14.1. The summed E-state index contributed by atoms with van der Waals surface area (Å²) in [4.78, 5) is 11.8. The van der Waals surface area contributed by atoms with Gasteiger partial charge in [0.1, 0.15) is 18.1 Å². The Labute approximate surface area is 172 Å². The smallest absolute Gasteiger partial charge is 0.226 e. The Morgan fingerprint density at radius 3 is 2.66 bits per heavy atom. The molecular weight excluding hydrogens is 362 g/mol. The van der Waals surface area contributed by atoms with Crippen molar-refractivity contribution in [2.24, 2.45) is 0 Å². The van der Waals surface area contributed by atoms with Crippen LogP contribution in [0, 0.1) is 13.8 Å². The van der Waals surface area contributed by atoms with Gasteiger partial charge in [0, 0.05) is 30.3 Å². The highest BCUT2D eigenvalue weighted by Crippen LogP contribution is 2.25. The van der Waals surface area contributed by atoms with Gasteiger partial charge in [0.05, 0.1) is 11.4 Å². The van der Waals surface area contributed by atoms with Crippen molar-refractivity contribution in [2.45, 2.75) is 52.7 Å². The zero-order valence-electron chi connectivity index (χ0n) is 17.5. The Kier molecular flexibility index (Phi) is 5.95. The van der Waals surface area contributed by atoms with Gasteiger partial charge in [-0.3, -0.25) is 4.98 Å². The van der Waals surface area contributed by atoms with Crippen molar-refractivity contribution in [1.29, 1.82) is 0 Å². The number of hydrogen-bond acceptors (Lipinski definition) is 5. The van der Waals surface area contributed by atoms with Crippen molar-refractivity contribution in [1.82, 2.24) is 14.9 Å². The van der Waals surface area contributed by atoms with E-state index in [1.165, 1.54) is 19.4 Å².